The van der Waals surface area contributed by atoms with Crippen LogP contribution in [0.5, 0.6) is 0 Å². The summed E-state index contributed by atoms with van der Waals surface area (Å²) in [5.74, 6) is -0.296. The lowest BCUT2D eigenvalue weighted by Crippen LogP contribution is -2.28. The number of hydrogen-bond donors (Lipinski definition) is 1. The summed E-state index contributed by atoms with van der Waals surface area (Å²) in [6.45, 7) is 4.28. The predicted molar refractivity (Wildman–Crippen MR) is 50.8 cm³/mol. The van der Waals surface area contributed by atoms with E-state index in [9.17, 15) is 4.79 Å². The number of ether oxygens (including phenoxy) is 1. The van der Waals surface area contributed by atoms with Crippen LogP contribution in [0.4, 0.5) is 0 Å². The van der Waals surface area contributed by atoms with Crippen LogP contribution in [0, 0.1) is 5.92 Å². The molecule has 0 aliphatic carbocycles. The number of carboxylic acid groups (broad SMARTS) is 1. The first-order chi connectivity index (χ1) is 6.06. The fourth-order valence-corrected chi connectivity index (χ4v) is 1.25. The van der Waals surface area contributed by atoms with Gasteiger partial charge in [0.05, 0.1) is 6.42 Å². The van der Waals surface area contributed by atoms with Crippen LogP contribution in [-0.4, -0.2) is 49.8 Å². The van der Waals surface area contributed by atoms with Crippen LogP contribution in [-0.2, 0) is 9.53 Å². The van der Waals surface area contributed by atoms with Gasteiger partial charge in [-0.05, 0) is 13.0 Å². The zero-order valence-corrected chi connectivity index (χ0v) is 8.62. The lowest BCUT2D eigenvalue weighted by Gasteiger charge is -2.19. The molecule has 0 heterocycles. The Labute approximate surface area is 79.5 Å². The Kier molecular flexibility index (Phi) is 6.54. The molecule has 0 aliphatic heterocycles. The van der Waals surface area contributed by atoms with Gasteiger partial charge < -0.3 is 14.7 Å². The second kappa shape index (κ2) is 6.86. The van der Waals surface area contributed by atoms with Crippen molar-refractivity contribution in [2.75, 3.05) is 33.9 Å². The molecule has 0 aromatic carbocycles. The highest BCUT2D eigenvalue weighted by molar-refractivity contribution is 5.66. The maximum absolute atomic E-state index is 10.3. The third-order valence-corrected chi connectivity index (χ3v) is 1.78. The van der Waals surface area contributed by atoms with Crippen molar-refractivity contribution in [1.82, 2.24) is 4.90 Å². The van der Waals surface area contributed by atoms with Crippen molar-refractivity contribution in [3.8, 4) is 0 Å². The molecule has 0 aliphatic rings. The summed E-state index contributed by atoms with van der Waals surface area (Å²) in [5, 5.41) is 8.45. The van der Waals surface area contributed by atoms with Gasteiger partial charge in [0, 0.05) is 26.8 Å². The minimum atomic E-state index is -0.744. The molecule has 4 nitrogen and oxygen atoms in total. The summed E-state index contributed by atoms with van der Waals surface area (Å²) in [5.41, 5.74) is 0. The standard InChI is InChI=1S/C9H19NO3/c1-8(7-13-3)6-10(2)5-4-9(11)12/h8H,4-7H2,1-3H3,(H,11,12). The molecule has 0 amide bonds. The van der Waals surface area contributed by atoms with Gasteiger partial charge in [0.25, 0.3) is 0 Å². The van der Waals surface area contributed by atoms with Gasteiger partial charge in [0.1, 0.15) is 0 Å². The number of rotatable bonds is 7. The van der Waals surface area contributed by atoms with Crippen molar-refractivity contribution in [1.29, 1.82) is 0 Å². The van der Waals surface area contributed by atoms with Gasteiger partial charge in [-0.3, -0.25) is 4.79 Å². The summed E-state index contributed by atoms with van der Waals surface area (Å²) in [7, 11) is 3.60. The van der Waals surface area contributed by atoms with Crippen molar-refractivity contribution < 1.29 is 14.6 Å². The molecule has 0 fully saturated rings. The van der Waals surface area contributed by atoms with Gasteiger partial charge in [0.15, 0.2) is 0 Å². The number of carbonyl (C=O) groups is 1. The van der Waals surface area contributed by atoms with Crippen molar-refractivity contribution in [3.63, 3.8) is 0 Å². The van der Waals surface area contributed by atoms with E-state index in [2.05, 4.69) is 6.92 Å². The molecule has 4 heteroatoms. The zero-order chi connectivity index (χ0) is 10.3. The monoisotopic (exact) mass is 189 g/mol. The highest BCUT2D eigenvalue weighted by Gasteiger charge is 2.07. The maximum Gasteiger partial charge on any atom is 0.304 e. The molecule has 1 unspecified atom stereocenters. The topological polar surface area (TPSA) is 49.8 Å². The van der Waals surface area contributed by atoms with Crippen LogP contribution in [0.3, 0.4) is 0 Å². The Morgan fingerprint density at radius 1 is 1.62 bits per heavy atom. The molecule has 78 valence electrons. The first kappa shape index (κ1) is 12.4. The molecule has 13 heavy (non-hydrogen) atoms. The summed E-state index contributed by atoms with van der Waals surface area (Å²) in [6.07, 6.45) is 0.205. The van der Waals surface area contributed by atoms with Crippen molar-refractivity contribution in [2.24, 2.45) is 5.92 Å². The molecular formula is C9H19NO3. The molecule has 1 atom stereocenters. The lowest BCUT2D eigenvalue weighted by atomic mass is 10.2. The number of aliphatic carboxylic acids is 1. The molecule has 0 radical (unpaired) electrons. The van der Waals surface area contributed by atoms with Gasteiger partial charge in [-0.1, -0.05) is 6.92 Å². The SMILES string of the molecule is COCC(C)CN(C)CCC(=O)O. The van der Waals surface area contributed by atoms with E-state index in [1.54, 1.807) is 7.11 Å². The number of carboxylic acids is 1. The van der Waals surface area contributed by atoms with E-state index < -0.39 is 5.97 Å². The molecule has 1 N–H and O–H groups in total. The van der Waals surface area contributed by atoms with Crippen LogP contribution < -0.4 is 0 Å². The van der Waals surface area contributed by atoms with E-state index in [-0.39, 0.29) is 6.42 Å². The third kappa shape index (κ3) is 7.74. The van der Waals surface area contributed by atoms with Crippen LogP contribution in [0.15, 0.2) is 0 Å². The average Bonchev–Trinajstić information content (AvgIpc) is 2.01. The Morgan fingerprint density at radius 2 is 2.23 bits per heavy atom. The number of hydrogen-bond acceptors (Lipinski definition) is 3. The number of methoxy groups -OCH3 is 1. The Morgan fingerprint density at radius 3 is 2.69 bits per heavy atom. The van der Waals surface area contributed by atoms with E-state index in [0.717, 1.165) is 13.2 Å². The molecule has 0 rings (SSSR count). The second-order valence-electron chi connectivity index (χ2n) is 3.47. The van der Waals surface area contributed by atoms with E-state index >= 15 is 0 Å². The average molecular weight is 189 g/mol. The molecule has 0 spiro atoms. The fraction of sp³-hybridized carbons (Fsp3) is 0.889. The van der Waals surface area contributed by atoms with Crippen LogP contribution in [0.1, 0.15) is 13.3 Å². The third-order valence-electron chi connectivity index (χ3n) is 1.78. The van der Waals surface area contributed by atoms with Gasteiger partial charge in [-0.15, -0.1) is 0 Å². The maximum atomic E-state index is 10.3. The summed E-state index contributed by atoms with van der Waals surface area (Å²) >= 11 is 0. The molecule has 0 bridgehead atoms. The van der Waals surface area contributed by atoms with Crippen LogP contribution >= 0.6 is 0 Å². The van der Waals surface area contributed by atoms with E-state index in [1.807, 2.05) is 11.9 Å². The minimum absolute atomic E-state index is 0.205. The van der Waals surface area contributed by atoms with E-state index in [4.69, 9.17) is 9.84 Å². The lowest BCUT2D eigenvalue weighted by molar-refractivity contribution is -0.137. The summed E-state index contributed by atoms with van der Waals surface area (Å²) in [4.78, 5) is 12.3. The highest BCUT2D eigenvalue weighted by atomic mass is 16.5. The minimum Gasteiger partial charge on any atom is -0.481 e. The van der Waals surface area contributed by atoms with Crippen LogP contribution in [0.2, 0.25) is 0 Å². The Hall–Kier alpha value is -0.610. The summed E-state index contributed by atoms with van der Waals surface area (Å²) < 4.78 is 4.99. The number of nitrogens with zero attached hydrogens (tertiary/aromatic N) is 1. The Balaban J connectivity index is 3.48. The molecular weight excluding hydrogens is 170 g/mol. The largest absolute Gasteiger partial charge is 0.481 e. The predicted octanol–water partition coefficient (Wildman–Crippen LogP) is 0.675. The Bertz CT molecular complexity index is 150. The van der Waals surface area contributed by atoms with Gasteiger partial charge in [0.2, 0.25) is 0 Å². The van der Waals surface area contributed by atoms with Crippen molar-refractivity contribution in [3.05, 3.63) is 0 Å². The normalized spacial score (nSPS) is 13.2. The fourth-order valence-electron chi connectivity index (χ4n) is 1.25. The van der Waals surface area contributed by atoms with Gasteiger partial charge in [-0.2, -0.15) is 0 Å². The first-order valence-corrected chi connectivity index (χ1v) is 4.45. The van der Waals surface area contributed by atoms with Crippen molar-refractivity contribution in [2.45, 2.75) is 13.3 Å². The van der Waals surface area contributed by atoms with Crippen LogP contribution in [0.25, 0.3) is 0 Å². The molecule has 0 saturated carbocycles. The van der Waals surface area contributed by atoms with Gasteiger partial charge >= 0.3 is 5.97 Å². The van der Waals surface area contributed by atoms with Crippen molar-refractivity contribution >= 4 is 5.97 Å². The van der Waals surface area contributed by atoms with Gasteiger partial charge in [-0.25, -0.2) is 0 Å². The first-order valence-electron chi connectivity index (χ1n) is 4.45. The van der Waals surface area contributed by atoms with E-state index in [0.29, 0.717) is 12.5 Å². The molecule has 0 aromatic heterocycles. The highest BCUT2D eigenvalue weighted by Crippen LogP contribution is 1.98. The quantitative estimate of drug-likeness (QED) is 0.639. The molecule has 0 aromatic rings. The smallest absolute Gasteiger partial charge is 0.304 e. The zero-order valence-electron chi connectivity index (χ0n) is 8.62. The summed E-state index contributed by atoms with van der Waals surface area (Å²) in [6, 6.07) is 0. The van der Waals surface area contributed by atoms with E-state index in [1.165, 1.54) is 0 Å². The second-order valence-corrected chi connectivity index (χ2v) is 3.47. The molecule has 0 saturated heterocycles.